The fourth-order valence-electron chi connectivity index (χ4n) is 2.34. The molecule has 2 heterocycles. The van der Waals surface area contributed by atoms with Gasteiger partial charge in [0.05, 0.1) is 12.1 Å². The monoisotopic (exact) mass is 352 g/mol. The van der Waals surface area contributed by atoms with Crippen LogP contribution < -0.4 is 10.9 Å². The molecule has 0 unspecified atom stereocenters. The van der Waals surface area contributed by atoms with E-state index in [9.17, 15) is 19.5 Å². The smallest absolute Gasteiger partial charge is 0.339 e. The average Bonchev–Trinajstić information content (AvgIpc) is 2.90. The van der Waals surface area contributed by atoms with Gasteiger partial charge in [0.2, 0.25) is 5.91 Å². The third kappa shape index (κ3) is 4.05. The first-order valence-corrected chi connectivity index (χ1v) is 8.62. The molecule has 1 aliphatic heterocycles. The number of aromatic hydroxyl groups is 1. The van der Waals surface area contributed by atoms with E-state index in [0.717, 1.165) is 12.5 Å². The van der Waals surface area contributed by atoms with Gasteiger partial charge in [-0.05, 0) is 13.3 Å². The van der Waals surface area contributed by atoms with Crippen molar-refractivity contribution in [2.75, 3.05) is 5.75 Å². The number of hydrogen-bond donors (Lipinski definition) is 2. The maximum absolute atomic E-state index is 12.6. The van der Waals surface area contributed by atoms with Gasteiger partial charge in [-0.1, -0.05) is 13.3 Å². The number of aliphatic imine (C=N–C) groups is 1. The Morgan fingerprint density at radius 3 is 2.75 bits per heavy atom. The summed E-state index contributed by atoms with van der Waals surface area (Å²) in [7, 11) is 0. The van der Waals surface area contributed by atoms with Crippen LogP contribution >= 0.6 is 11.8 Å². The van der Waals surface area contributed by atoms with Gasteiger partial charge in [-0.25, -0.2) is 4.79 Å². The molecular formula is C16H20N2O5S. The van der Waals surface area contributed by atoms with Crippen LogP contribution in [0.1, 0.15) is 45.4 Å². The lowest BCUT2D eigenvalue weighted by Crippen LogP contribution is -2.45. The maximum atomic E-state index is 12.6. The number of carbonyl (C=O) groups excluding carboxylic acids is 2. The standard InChI is InChI=1S/C16H20N2O5S/c1-4-5-11(12-6-10(20)7-13(21)23-12)17-15(22)16(3)8-24-14(18-16)9(2)19/h6-7,11,20H,4-5,8H2,1-3H3,(H,17,22)/t11-,16+/m1/s1. The van der Waals surface area contributed by atoms with Crippen molar-refractivity contribution in [3.63, 3.8) is 0 Å². The number of Topliss-reactive ketones (excluding diaryl/α,β-unsaturated/α-hetero) is 1. The fourth-order valence-corrected chi connectivity index (χ4v) is 3.42. The average molecular weight is 352 g/mol. The first-order chi connectivity index (χ1) is 11.2. The van der Waals surface area contributed by atoms with E-state index in [1.165, 1.54) is 24.8 Å². The van der Waals surface area contributed by atoms with Gasteiger partial charge in [-0.3, -0.25) is 14.6 Å². The van der Waals surface area contributed by atoms with E-state index in [-0.39, 0.29) is 23.2 Å². The molecular weight excluding hydrogens is 332 g/mol. The van der Waals surface area contributed by atoms with E-state index in [2.05, 4.69) is 10.3 Å². The zero-order valence-corrected chi connectivity index (χ0v) is 14.6. The van der Waals surface area contributed by atoms with E-state index in [4.69, 9.17) is 4.42 Å². The summed E-state index contributed by atoms with van der Waals surface area (Å²) in [5.41, 5.74) is -1.73. The molecule has 1 amide bonds. The minimum absolute atomic E-state index is 0.166. The summed E-state index contributed by atoms with van der Waals surface area (Å²) in [4.78, 5) is 39.7. The van der Waals surface area contributed by atoms with Crippen molar-refractivity contribution < 1.29 is 19.1 Å². The Bertz CT molecular complexity index is 742. The lowest BCUT2D eigenvalue weighted by molar-refractivity contribution is -0.125. The second-order valence-electron chi connectivity index (χ2n) is 5.89. The van der Waals surface area contributed by atoms with Crippen molar-refractivity contribution in [1.29, 1.82) is 0 Å². The molecule has 0 aliphatic carbocycles. The molecule has 2 atom stereocenters. The van der Waals surface area contributed by atoms with Gasteiger partial charge in [0.1, 0.15) is 22.1 Å². The van der Waals surface area contributed by atoms with Gasteiger partial charge in [0.25, 0.3) is 0 Å². The lowest BCUT2D eigenvalue weighted by atomic mass is 10.0. The molecule has 0 radical (unpaired) electrons. The van der Waals surface area contributed by atoms with Crippen LogP contribution in [0.2, 0.25) is 0 Å². The molecule has 0 bridgehead atoms. The van der Waals surface area contributed by atoms with Crippen molar-refractivity contribution in [3.8, 4) is 5.75 Å². The Hall–Kier alpha value is -2.09. The summed E-state index contributed by atoms with van der Waals surface area (Å²) in [6.07, 6.45) is 1.27. The van der Waals surface area contributed by atoms with Gasteiger partial charge in [-0.2, -0.15) is 0 Å². The Labute approximate surface area is 143 Å². The highest BCUT2D eigenvalue weighted by atomic mass is 32.2. The summed E-state index contributed by atoms with van der Waals surface area (Å²) < 4.78 is 5.10. The van der Waals surface area contributed by atoms with Crippen molar-refractivity contribution in [2.45, 2.75) is 45.2 Å². The maximum Gasteiger partial charge on any atom is 0.339 e. The highest BCUT2D eigenvalue weighted by molar-refractivity contribution is 8.16. The largest absolute Gasteiger partial charge is 0.508 e. The zero-order chi connectivity index (χ0) is 17.9. The third-order valence-electron chi connectivity index (χ3n) is 3.63. The van der Waals surface area contributed by atoms with Crippen molar-refractivity contribution in [1.82, 2.24) is 5.32 Å². The molecule has 2 N–H and O–H groups in total. The molecule has 7 nitrogen and oxygen atoms in total. The number of carbonyl (C=O) groups is 2. The summed E-state index contributed by atoms with van der Waals surface area (Å²) in [5.74, 6) is -0.163. The molecule has 24 heavy (non-hydrogen) atoms. The first kappa shape index (κ1) is 18.3. The number of rotatable bonds is 6. The molecule has 8 heteroatoms. The normalized spacial score (nSPS) is 21.2. The molecule has 1 aromatic rings. The topological polar surface area (TPSA) is 109 Å². The van der Waals surface area contributed by atoms with Crippen LogP contribution in [0.15, 0.2) is 26.3 Å². The van der Waals surface area contributed by atoms with E-state index < -0.39 is 17.2 Å². The number of thioether (sulfide) groups is 1. The molecule has 1 aromatic heterocycles. The van der Waals surface area contributed by atoms with E-state index in [0.29, 0.717) is 17.2 Å². The number of nitrogens with one attached hydrogen (secondary N) is 1. The summed E-state index contributed by atoms with van der Waals surface area (Å²) in [5, 5.41) is 12.7. The van der Waals surface area contributed by atoms with Crippen LogP contribution in [0.3, 0.4) is 0 Å². The van der Waals surface area contributed by atoms with Crippen LogP contribution in [0.25, 0.3) is 0 Å². The van der Waals surface area contributed by atoms with E-state index >= 15 is 0 Å². The number of amides is 1. The Morgan fingerprint density at radius 2 is 2.21 bits per heavy atom. The van der Waals surface area contributed by atoms with Gasteiger partial charge < -0.3 is 14.8 Å². The second-order valence-corrected chi connectivity index (χ2v) is 6.85. The molecule has 0 saturated carbocycles. The van der Waals surface area contributed by atoms with Crippen molar-refractivity contribution >= 4 is 28.5 Å². The highest BCUT2D eigenvalue weighted by Crippen LogP contribution is 2.30. The molecule has 130 valence electrons. The number of nitrogens with zero attached hydrogens (tertiary/aromatic N) is 1. The van der Waals surface area contributed by atoms with Crippen LogP contribution in [-0.2, 0) is 9.59 Å². The fraction of sp³-hybridized carbons (Fsp3) is 0.500. The Kier molecular flexibility index (Phi) is 5.48. The molecule has 0 saturated heterocycles. The number of hydrogen-bond acceptors (Lipinski definition) is 7. The predicted octanol–water partition coefficient (Wildman–Crippen LogP) is 1.80. The van der Waals surface area contributed by atoms with Gasteiger partial charge >= 0.3 is 5.63 Å². The molecule has 2 rings (SSSR count). The van der Waals surface area contributed by atoms with Crippen LogP contribution in [0.4, 0.5) is 0 Å². The predicted molar refractivity (Wildman–Crippen MR) is 91.4 cm³/mol. The van der Waals surface area contributed by atoms with E-state index in [1.54, 1.807) is 6.92 Å². The van der Waals surface area contributed by atoms with E-state index in [1.807, 2.05) is 6.92 Å². The Balaban J connectivity index is 2.23. The SMILES string of the molecule is CCC[C@@H](NC(=O)[C@]1(C)CSC(C(C)=O)=N1)c1cc(O)cc(=O)o1. The zero-order valence-electron chi connectivity index (χ0n) is 13.8. The molecule has 0 fully saturated rings. The van der Waals surface area contributed by atoms with Crippen LogP contribution in [0, 0.1) is 0 Å². The highest BCUT2D eigenvalue weighted by Gasteiger charge is 2.40. The van der Waals surface area contributed by atoms with Crippen LogP contribution in [-0.4, -0.2) is 33.1 Å². The summed E-state index contributed by atoms with van der Waals surface area (Å²) in [6, 6.07) is 1.73. The van der Waals surface area contributed by atoms with Crippen molar-refractivity contribution in [3.05, 3.63) is 28.3 Å². The minimum atomic E-state index is -1.05. The first-order valence-electron chi connectivity index (χ1n) is 7.64. The van der Waals surface area contributed by atoms with Gasteiger partial charge in [0.15, 0.2) is 5.78 Å². The number of ketones is 1. The van der Waals surface area contributed by atoms with Gasteiger partial charge in [0, 0.05) is 18.7 Å². The second kappa shape index (κ2) is 7.21. The quantitative estimate of drug-likeness (QED) is 0.808. The minimum Gasteiger partial charge on any atom is -0.508 e. The third-order valence-corrected chi connectivity index (χ3v) is 4.99. The summed E-state index contributed by atoms with van der Waals surface area (Å²) >= 11 is 1.25. The van der Waals surface area contributed by atoms with Gasteiger partial charge in [-0.15, -0.1) is 11.8 Å². The molecule has 1 aliphatic rings. The summed E-state index contributed by atoms with van der Waals surface area (Å²) in [6.45, 7) is 5.00. The van der Waals surface area contributed by atoms with Crippen LogP contribution in [0.5, 0.6) is 5.75 Å². The molecule has 0 spiro atoms. The van der Waals surface area contributed by atoms with Crippen molar-refractivity contribution in [2.24, 2.45) is 4.99 Å². The molecule has 0 aromatic carbocycles. The lowest BCUT2D eigenvalue weighted by Gasteiger charge is -2.23. The Morgan fingerprint density at radius 1 is 1.50 bits per heavy atom.